The molecule has 2 N–H and O–H groups in total. The van der Waals surface area contributed by atoms with E-state index in [9.17, 15) is 13.2 Å². The number of hydrogen-bond donors (Lipinski definition) is 2. The van der Waals surface area contributed by atoms with Crippen molar-refractivity contribution in [3.8, 4) is 0 Å². The van der Waals surface area contributed by atoms with Crippen molar-refractivity contribution < 1.29 is 17.9 Å². The van der Waals surface area contributed by atoms with Gasteiger partial charge in [-0.3, -0.25) is 5.10 Å². The van der Waals surface area contributed by atoms with Crippen LogP contribution in [-0.2, 0) is 14.8 Å². The van der Waals surface area contributed by atoms with Gasteiger partial charge < -0.3 is 4.74 Å². The highest BCUT2D eigenvalue weighted by Crippen LogP contribution is 2.24. The first-order valence-corrected chi connectivity index (χ1v) is 7.38. The Kier molecular flexibility index (Phi) is 3.53. The van der Waals surface area contributed by atoms with Crippen LogP contribution in [0, 0.1) is 6.92 Å². The van der Waals surface area contributed by atoms with Crippen molar-refractivity contribution in [2.75, 3.05) is 11.8 Å². The quantitative estimate of drug-likeness (QED) is 0.806. The summed E-state index contributed by atoms with van der Waals surface area (Å²) in [5.41, 5.74) is 0. The van der Waals surface area contributed by atoms with E-state index in [1.807, 2.05) is 0 Å². The number of aryl methyl sites for hydroxylation is 1. The van der Waals surface area contributed by atoms with E-state index < -0.39 is 16.0 Å². The molecule has 0 aliphatic heterocycles. The second-order valence-electron chi connectivity index (χ2n) is 3.46. The third-order valence-corrected chi connectivity index (χ3v) is 4.51. The van der Waals surface area contributed by atoms with Gasteiger partial charge in [0, 0.05) is 0 Å². The lowest BCUT2D eigenvalue weighted by atomic mass is 10.5. The zero-order valence-corrected chi connectivity index (χ0v) is 11.6. The van der Waals surface area contributed by atoms with Gasteiger partial charge >= 0.3 is 5.97 Å². The number of nitrogens with zero attached hydrogens (tertiary/aromatic N) is 2. The molecule has 10 heteroatoms. The minimum atomic E-state index is -3.93. The van der Waals surface area contributed by atoms with Gasteiger partial charge in [0.2, 0.25) is 0 Å². The highest BCUT2D eigenvalue weighted by molar-refractivity contribution is 7.93. The highest BCUT2D eigenvalue weighted by Gasteiger charge is 2.25. The molecule has 0 aliphatic rings. The molecule has 0 aromatic carbocycles. The Morgan fingerprint density at radius 2 is 2.26 bits per heavy atom. The molecule has 19 heavy (non-hydrogen) atoms. The van der Waals surface area contributed by atoms with Crippen molar-refractivity contribution in [3.63, 3.8) is 0 Å². The van der Waals surface area contributed by atoms with Gasteiger partial charge in [-0.15, -0.1) is 16.4 Å². The molecule has 0 radical (unpaired) electrons. The lowest BCUT2D eigenvalue weighted by Gasteiger charge is -2.04. The minimum Gasteiger partial charge on any atom is -0.465 e. The zero-order valence-electron chi connectivity index (χ0n) is 10.00. The Hall–Kier alpha value is -1.94. The van der Waals surface area contributed by atoms with E-state index >= 15 is 0 Å². The lowest BCUT2D eigenvalue weighted by Crippen LogP contribution is -2.16. The van der Waals surface area contributed by atoms with Crippen LogP contribution in [0.3, 0.4) is 0 Å². The number of methoxy groups -OCH3 is 1. The molecule has 2 aromatic rings. The van der Waals surface area contributed by atoms with Crippen LogP contribution in [0.1, 0.15) is 15.5 Å². The lowest BCUT2D eigenvalue weighted by molar-refractivity contribution is 0.0602. The first-order chi connectivity index (χ1) is 8.94. The summed E-state index contributed by atoms with van der Waals surface area (Å²) < 4.78 is 30.9. The van der Waals surface area contributed by atoms with E-state index in [4.69, 9.17) is 0 Å². The number of sulfonamides is 1. The van der Waals surface area contributed by atoms with Crippen LogP contribution in [0.2, 0.25) is 0 Å². The fraction of sp³-hybridized carbons (Fsp3) is 0.222. The Labute approximate surface area is 112 Å². The monoisotopic (exact) mass is 302 g/mol. The normalized spacial score (nSPS) is 11.3. The van der Waals surface area contributed by atoms with E-state index in [0.29, 0.717) is 5.82 Å². The average Bonchev–Trinajstić information content (AvgIpc) is 2.97. The van der Waals surface area contributed by atoms with Gasteiger partial charge in [-0.05, 0) is 18.4 Å². The van der Waals surface area contributed by atoms with Crippen LogP contribution in [0.15, 0.2) is 16.3 Å². The first-order valence-electron chi connectivity index (χ1n) is 5.01. The number of ether oxygens (including phenoxy) is 1. The maximum Gasteiger partial charge on any atom is 0.349 e. The average molecular weight is 302 g/mol. The molecular formula is C9H10N4O4S2. The molecule has 0 aliphatic carbocycles. The molecule has 2 aromatic heterocycles. The van der Waals surface area contributed by atoms with Crippen molar-refractivity contribution in [1.82, 2.24) is 15.2 Å². The summed E-state index contributed by atoms with van der Waals surface area (Å²) >= 11 is 0.983. The van der Waals surface area contributed by atoms with Crippen molar-refractivity contribution in [2.45, 2.75) is 11.8 Å². The summed E-state index contributed by atoms with van der Waals surface area (Å²) in [5, 5.41) is 7.66. The van der Waals surface area contributed by atoms with Crippen LogP contribution in [-0.4, -0.2) is 36.7 Å². The molecule has 0 fully saturated rings. The standard InChI is InChI=1S/C9H10N4O4S2/c1-5-10-9(12-11-5)13-19(15,16)6-3-4-18-7(6)8(14)17-2/h3-4H,1-2H3,(H2,10,11,12,13). The largest absolute Gasteiger partial charge is 0.465 e. The molecule has 0 unspecified atom stereocenters. The maximum absolute atomic E-state index is 12.1. The molecular weight excluding hydrogens is 292 g/mol. The number of rotatable bonds is 4. The number of nitrogens with one attached hydrogen (secondary N) is 2. The topological polar surface area (TPSA) is 114 Å². The van der Waals surface area contributed by atoms with Gasteiger partial charge in [0.1, 0.15) is 15.6 Å². The van der Waals surface area contributed by atoms with E-state index in [0.717, 1.165) is 11.3 Å². The molecule has 0 saturated heterocycles. The summed E-state index contributed by atoms with van der Waals surface area (Å²) in [6, 6.07) is 1.32. The molecule has 2 rings (SSSR count). The maximum atomic E-state index is 12.1. The molecule has 0 atom stereocenters. The van der Waals surface area contributed by atoms with Crippen LogP contribution in [0.5, 0.6) is 0 Å². The second-order valence-corrected chi connectivity index (χ2v) is 6.02. The number of carbonyl (C=O) groups excluding carboxylic acids is 1. The third-order valence-electron chi connectivity index (χ3n) is 2.11. The number of H-pyrrole nitrogens is 1. The summed E-state index contributed by atoms with van der Waals surface area (Å²) in [4.78, 5) is 15.1. The summed E-state index contributed by atoms with van der Waals surface area (Å²) in [6.07, 6.45) is 0. The van der Waals surface area contributed by atoms with Crippen LogP contribution >= 0.6 is 11.3 Å². The molecule has 0 amide bonds. The van der Waals surface area contributed by atoms with Crippen molar-refractivity contribution in [3.05, 3.63) is 22.1 Å². The van der Waals surface area contributed by atoms with Crippen LogP contribution < -0.4 is 4.72 Å². The van der Waals surface area contributed by atoms with Crippen molar-refractivity contribution >= 4 is 33.3 Å². The fourth-order valence-corrected chi connectivity index (χ4v) is 3.59. The van der Waals surface area contributed by atoms with Crippen LogP contribution in [0.25, 0.3) is 0 Å². The Morgan fingerprint density at radius 3 is 2.84 bits per heavy atom. The zero-order chi connectivity index (χ0) is 14.0. The van der Waals surface area contributed by atoms with Crippen LogP contribution in [0.4, 0.5) is 5.95 Å². The molecule has 102 valence electrons. The summed E-state index contributed by atoms with van der Waals surface area (Å²) in [5.74, 6) is -0.322. The molecule has 2 heterocycles. The Balaban J connectivity index is 2.35. The van der Waals surface area contributed by atoms with Gasteiger partial charge in [-0.2, -0.15) is 4.98 Å². The Bertz CT molecular complexity index is 703. The highest BCUT2D eigenvalue weighted by atomic mass is 32.2. The molecule has 0 bridgehead atoms. The predicted octanol–water partition coefficient (Wildman–Crippen LogP) is 0.762. The summed E-state index contributed by atoms with van der Waals surface area (Å²) in [7, 11) is -2.74. The van der Waals surface area contributed by atoms with E-state index in [2.05, 4.69) is 24.6 Å². The van der Waals surface area contributed by atoms with Crippen molar-refractivity contribution in [1.29, 1.82) is 0 Å². The first kappa shape index (κ1) is 13.5. The second kappa shape index (κ2) is 4.97. The van der Waals surface area contributed by atoms with Gasteiger partial charge in [0.05, 0.1) is 7.11 Å². The minimum absolute atomic E-state index is 0.00209. The number of anilines is 1. The molecule has 0 saturated carbocycles. The van der Waals surface area contributed by atoms with Gasteiger partial charge in [0.15, 0.2) is 0 Å². The third kappa shape index (κ3) is 2.74. The van der Waals surface area contributed by atoms with Gasteiger partial charge in [-0.25, -0.2) is 17.9 Å². The fourth-order valence-electron chi connectivity index (χ4n) is 1.31. The number of aromatic amines is 1. The summed E-state index contributed by atoms with van der Waals surface area (Å²) in [6.45, 7) is 1.63. The Morgan fingerprint density at radius 1 is 1.53 bits per heavy atom. The number of thiophene rings is 1. The number of hydrogen-bond acceptors (Lipinski definition) is 7. The van der Waals surface area contributed by atoms with E-state index in [1.165, 1.54) is 18.6 Å². The van der Waals surface area contributed by atoms with E-state index in [-0.39, 0.29) is 15.7 Å². The van der Waals surface area contributed by atoms with Gasteiger partial charge in [0.25, 0.3) is 16.0 Å². The number of carbonyl (C=O) groups is 1. The van der Waals surface area contributed by atoms with Crippen molar-refractivity contribution in [2.24, 2.45) is 0 Å². The predicted molar refractivity (Wildman–Crippen MR) is 67.6 cm³/mol. The molecule has 8 nitrogen and oxygen atoms in total. The SMILES string of the molecule is COC(=O)c1sccc1S(=O)(=O)Nc1n[nH]c(C)n1. The number of esters is 1. The molecule has 0 spiro atoms. The number of aromatic nitrogens is 3. The smallest absolute Gasteiger partial charge is 0.349 e. The van der Waals surface area contributed by atoms with E-state index in [1.54, 1.807) is 6.92 Å². The van der Waals surface area contributed by atoms with Gasteiger partial charge in [-0.1, -0.05) is 0 Å².